The number of aryl methyl sites for hydroxylation is 2. The lowest BCUT2D eigenvalue weighted by Crippen LogP contribution is -2.06. The van der Waals surface area contributed by atoms with Crippen molar-refractivity contribution in [3.63, 3.8) is 0 Å². The van der Waals surface area contributed by atoms with Crippen LogP contribution in [0.3, 0.4) is 0 Å². The normalized spacial score (nSPS) is 11.3. The molecule has 0 N–H and O–H groups in total. The number of carbonyl (C=O) groups is 1. The van der Waals surface area contributed by atoms with Gasteiger partial charge in [0.15, 0.2) is 0 Å². The largest absolute Gasteiger partial charge is 0.422 e. The molecule has 2 aromatic heterocycles. The molecule has 0 saturated carbocycles. The summed E-state index contributed by atoms with van der Waals surface area (Å²) in [6.45, 7) is 4.48. The molecule has 31 heavy (non-hydrogen) atoms. The van der Waals surface area contributed by atoms with Crippen molar-refractivity contribution in [1.82, 2.24) is 0 Å². The van der Waals surface area contributed by atoms with E-state index in [1.165, 1.54) is 84.0 Å². The molecule has 0 amide bonds. The number of esters is 1. The molecule has 0 radical (unpaired) electrons. The molecule has 168 valence electrons. The molecule has 1 aromatic carbocycles. The Morgan fingerprint density at radius 2 is 1.35 bits per heavy atom. The summed E-state index contributed by atoms with van der Waals surface area (Å²) >= 11 is 3.38. The van der Waals surface area contributed by atoms with Crippen LogP contribution in [0.1, 0.15) is 98.2 Å². The second kappa shape index (κ2) is 13.0. The van der Waals surface area contributed by atoms with E-state index in [0.717, 1.165) is 12.8 Å². The van der Waals surface area contributed by atoms with E-state index in [0.29, 0.717) is 10.6 Å². The van der Waals surface area contributed by atoms with Crippen LogP contribution in [0.5, 0.6) is 5.75 Å². The summed E-state index contributed by atoms with van der Waals surface area (Å²) in [5, 5.41) is 0. The van der Waals surface area contributed by atoms with Crippen LogP contribution in [0.15, 0.2) is 36.4 Å². The maximum absolute atomic E-state index is 12.6. The third-order valence-corrected chi connectivity index (χ3v) is 8.02. The van der Waals surface area contributed by atoms with Gasteiger partial charge in [0, 0.05) is 14.3 Å². The summed E-state index contributed by atoms with van der Waals surface area (Å²) in [7, 11) is 0. The van der Waals surface area contributed by atoms with Gasteiger partial charge in [-0.25, -0.2) is 4.79 Å². The highest BCUT2D eigenvalue weighted by Gasteiger charge is 2.15. The SMILES string of the molecule is CCCCCCCCCc1cc2sc(C(=O)Oc3ccc(CCCCC)cc3)cc2s1. The van der Waals surface area contributed by atoms with Gasteiger partial charge in [-0.1, -0.05) is 77.3 Å². The van der Waals surface area contributed by atoms with Gasteiger partial charge in [0.2, 0.25) is 0 Å². The third kappa shape index (κ3) is 7.76. The van der Waals surface area contributed by atoms with E-state index in [9.17, 15) is 4.79 Å². The summed E-state index contributed by atoms with van der Waals surface area (Å²) in [6.07, 6.45) is 15.3. The molecule has 2 heterocycles. The number of fused-ring (bicyclic) bond motifs is 1. The first-order chi connectivity index (χ1) is 15.2. The van der Waals surface area contributed by atoms with Gasteiger partial charge >= 0.3 is 5.97 Å². The van der Waals surface area contributed by atoms with Gasteiger partial charge in [-0.2, -0.15) is 0 Å². The summed E-state index contributed by atoms with van der Waals surface area (Å²) < 4.78 is 8.02. The topological polar surface area (TPSA) is 26.3 Å². The van der Waals surface area contributed by atoms with E-state index in [1.54, 1.807) is 11.3 Å². The lowest BCUT2D eigenvalue weighted by atomic mass is 10.1. The zero-order chi connectivity index (χ0) is 21.9. The van der Waals surface area contributed by atoms with E-state index in [2.05, 4.69) is 32.0 Å². The van der Waals surface area contributed by atoms with Crippen LogP contribution < -0.4 is 4.74 Å². The Morgan fingerprint density at radius 1 is 0.742 bits per heavy atom. The number of thiophene rings is 2. The number of ether oxygens (including phenoxy) is 1. The van der Waals surface area contributed by atoms with E-state index < -0.39 is 0 Å². The molecule has 0 aliphatic rings. The quantitative estimate of drug-likeness (QED) is 0.137. The molecule has 4 heteroatoms. The number of unbranched alkanes of at least 4 members (excludes halogenated alkanes) is 8. The second-order valence-corrected chi connectivity index (χ2v) is 10.7. The first-order valence-corrected chi connectivity index (χ1v) is 13.7. The Labute approximate surface area is 195 Å². The monoisotopic (exact) mass is 456 g/mol. The van der Waals surface area contributed by atoms with Crippen molar-refractivity contribution in [1.29, 1.82) is 0 Å². The smallest absolute Gasteiger partial charge is 0.353 e. The van der Waals surface area contributed by atoms with Crippen molar-refractivity contribution in [3.05, 3.63) is 51.7 Å². The van der Waals surface area contributed by atoms with E-state index >= 15 is 0 Å². The van der Waals surface area contributed by atoms with Gasteiger partial charge < -0.3 is 4.74 Å². The van der Waals surface area contributed by atoms with Crippen LogP contribution in [-0.4, -0.2) is 5.97 Å². The van der Waals surface area contributed by atoms with Crippen LogP contribution in [-0.2, 0) is 12.8 Å². The average Bonchev–Trinajstić information content (AvgIpc) is 3.33. The van der Waals surface area contributed by atoms with Gasteiger partial charge in [-0.15, -0.1) is 22.7 Å². The predicted octanol–water partition coefficient (Wildman–Crippen LogP) is 9.21. The van der Waals surface area contributed by atoms with Crippen molar-refractivity contribution in [2.45, 2.75) is 90.9 Å². The van der Waals surface area contributed by atoms with Crippen molar-refractivity contribution >= 4 is 38.0 Å². The van der Waals surface area contributed by atoms with Gasteiger partial charge in [-0.3, -0.25) is 0 Å². The maximum atomic E-state index is 12.6. The van der Waals surface area contributed by atoms with Crippen LogP contribution >= 0.6 is 22.7 Å². The Balaban J connectivity index is 1.46. The lowest BCUT2D eigenvalue weighted by molar-refractivity contribution is 0.0740. The van der Waals surface area contributed by atoms with Crippen LogP contribution in [0.4, 0.5) is 0 Å². The predicted molar refractivity (Wildman–Crippen MR) is 136 cm³/mol. The number of benzene rings is 1. The number of rotatable bonds is 14. The zero-order valence-corrected chi connectivity index (χ0v) is 20.7. The fourth-order valence-corrected chi connectivity index (χ4v) is 6.17. The summed E-state index contributed by atoms with van der Waals surface area (Å²) in [5.74, 6) is 0.376. The van der Waals surface area contributed by atoms with Crippen LogP contribution in [0.25, 0.3) is 9.40 Å². The second-order valence-electron chi connectivity index (χ2n) is 8.41. The highest BCUT2D eigenvalue weighted by molar-refractivity contribution is 7.28. The van der Waals surface area contributed by atoms with Crippen molar-refractivity contribution in [2.75, 3.05) is 0 Å². The van der Waals surface area contributed by atoms with E-state index in [1.807, 2.05) is 29.5 Å². The van der Waals surface area contributed by atoms with E-state index in [4.69, 9.17) is 4.74 Å². The Kier molecular flexibility index (Phi) is 10.1. The molecule has 3 aromatic rings. The summed E-state index contributed by atoms with van der Waals surface area (Å²) in [4.78, 5) is 14.7. The molecule has 0 atom stereocenters. The fourth-order valence-electron chi connectivity index (χ4n) is 3.83. The maximum Gasteiger partial charge on any atom is 0.353 e. The summed E-state index contributed by atoms with van der Waals surface area (Å²) in [6, 6.07) is 12.2. The highest BCUT2D eigenvalue weighted by Crippen LogP contribution is 2.34. The Hall–Kier alpha value is -1.65. The Morgan fingerprint density at radius 3 is 2.06 bits per heavy atom. The summed E-state index contributed by atoms with van der Waals surface area (Å²) in [5.41, 5.74) is 1.30. The van der Waals surface area contributed by atoms with Crippen molar-refractivity contribution < 1.29 is 9.53 Å². The first-order valence-electron chi connectivity index (χ1n) is 12.0. The molecular formula is C27H36O2S2. The zero-order valence-electron chi connectivity index (χ0n) is 19.1. The molecule has 3 rings (SSSR count). The molecule has 0 fully saturated rings. The minimum absolute atomic E-state index is 0.249. The molecule has 0 aliphatic carbocycles. The fraction of sp³-hybridized carbons (Fsp3) is 0.519. The Bertz CT molecular complexity index is 889. The lowest BCUT2D eigenvalue weighted by Gasteiger charge is -2.05. The molecule has 2 nitrogen and oxygen atoms in total. The van der Waals surface area contributed by atoms with E-state index in [-0.39, 0.29) is 5.97 Å². The number of carbonyl (C=O) groups excluding carboxylic acids is 1. The van der Waals surface area contributed by atoms with Crippen LogP contribution in [0.2, 0.25) is 0 Å². The van der Waals surface area contributed by atoms with Crippen molar-refractivity contribution in [2.24, 2.45) is 0 Å². The van der Waals surface area contributed by atoms with Gasteiger partial charge in [0.1, 0.15) is 10.6 Å². The molecular weight excluding hydrogens is 420 g/mol. The van der Waals surface area contributed by atoms with Gasteiger partial charge in [-0.05, 0) is 55.5 Å². The third-order valence-electron chi connectivity index (χ3n) is 5.69. The molecule has 0 saturated heterocycles. The molecule has 0 unspecified atom stereocenters. The molecule has 0 aliphatic heterocycles. The van der Waals surface area contributed by atoms with Crippen molar-refractivity contribution in [3.8, 4) is 5.75 Å². The number of hydrogen-bond acceptors (Lipinski definition) is 4. The first kappa shape index (κ1) is 24.0. The highest BCUT2D eigenvalue weighted by atomic mass is 32.1. The number of hydrogen-bond donors (Lipinski definition) is 0. The average molecular weight is 457 g/mol. The molecule has 0 bridgehead atoms. The minimum Gasteiger partial charge on any atom is -0.422 e. The molecule has 0 spiro atoms. The standard InChI is InChI=1S/C27H36O2S2/c1-3-5-7-8-9-10-12-14-23-19-24-25(30-23)20-26(31-24)27(28)29-22-17-15-21(16-18-22)13-11-6-4-2/h15-20H,3-14H2,1-2H3. The van der Waals surface area contributed by atoms with Crippen LogP contribution in [0, 0.1) is 0 Å². The van der Waals surface area contributed by atoms with Gasteiger partial charge in [0.05, 0.1) is 0 Å². The minimum atomic E-state index is -0.249. The van der Waals surface area contributed by atoms with Gasteiger partial charge in [0.25, 0.3) is 0 Å².